The average molecular weight is 212 g/mol. The van der Waals surface area contributed by atoms with Gasteiger partial charge in [0.15, 0.2) is 0 Å². The summed E-state index contributed by atoms with van der Waals surface area (Å²) >= 11 is 0. The van der Waals surface area contributed by atoms with Crippen molar-refractivity contribution in [1.29, 1.82) is 0 Å². The molecule has 0 spiro atoms. The monoisotopic (exact) mass is 212 g/mol. The second-order valence-corrected chi connectivity index (χ2v) is 4.81. The van der Waals surface area contributed by atoms with Gasteiger partial charge in [-0.1, -0.05) is 6.42 Å². The lowest BCUT2D eigenvalue weighted by Crippen LogP contribution is -2.38. The molecule has 1 N–H and O–H groups in total. The molecule has 1 saturated carbocycles. The molecule has 3 nitrogen and oxygen atoms in total. The molecule has 0 atom stereocenters. The van der Waals surface area contributed by atoms with Crippen molar-refractivity contribution in [2.75, 3.05) is 45.9 Å². The van der Waals surface area contributed by atoms with E-state index in [1.54, 1.807) is 0 Å². The molecule has 1 aliphatic carbocycles. The van der Waals surface area contributed by atoms with Gasteiger partial charge in [-0.15, -0.1) is 0 Å². The Bertz CT molecular complexity index is 165. The van der Waals surface area contributed by atoms with E-state index in [2.05, 4.69) is 10.2 Å². The number of nitrogens with zero attached hydrogens (tertiary/aromatic N) is 1. The van der Waals surface area contributed by atoms with Crippen LogP contribution in [0, 0.1) is 5.92 Å². The van der Waals surface area contributed by atoms with Crippen LogP contribution in [0.3, 0.4) is 0 Å². The summed E-state index contributed by atoms with van der Waals surface area (Å²) in [6.45, 7) is 7.79. The SMILES string of the molecule is C1CC(CNCCCN2CCOCC2)C1. The van der Waals surface area contributed by atoms with Crippen molar-refractivity contribution in [2.45, 2.75) is 25.7 Å². The second kappa shape index (κ2) is 6.46. The van der Waals surface area contributed by atoms with E-state index in [1.807, 2.05) is 0 Å². The molecule has 2 rings (SSSR count). The Hall–Kier alpha value is -0.120. The van der Waals surface area contributed by atoms with Crippen molar-refractivity contribution in [3.8, 4) is 0 Å². The fourth-order valence-corrected chi connectivity index (χ4v) is 2.26. The molecule has 88 valence electrons. The lowest BCUT2D eigenvalue weighted by Gasteiger charge is -2.27. The Morgan fingerprint density at radius 2 is 2.00 bits per heavy atom. The van der Waals surface area contributed by atoms with Gasteiger partial charge < -0.3 is 10.1 Å². The molecule has 0 radical (unpaired) electrons. The van der Waals surface area contributed by atoms with E-state index in [1.165, 1.54) is 45.3 Å². The molecule has 0 aromatic heterocycles. The third-order valence-corrected chi connectivity index (χ3v) is 3.59. The first-order chi connectivity index (χ1) is 7.45. The van der Waals surface area contributed by atoms with Gasteiger partial charge in [0.1, 0.15) is 0 Å². The van der Waals surface area contributed by atoms with Crippen molar-refractivity contribution in [3.05, 3.63) is 0 Å². The van der Waals surface area contributed by atoms with E-state index in [0.717, 1.165) is 32.2 Å². The Labute approximate surface area is 93.2 Å². The average Bonchev–Trinajstić information content (AvgIpc) is 2.22. The van der Waals surface area contributed by atoms with Crippen LogP contribution < -0.4 is 5.32 Å². The fraction of sp³-hybridized carbons (Fsp3) is 1.00. The van der Waals surface area contributed by atoms with Crippen LogP contribution in [0.2, 0.25) is 0 Å². The van der Waals surface area contributed by atoms with Crippen LogP contribution in [0.25, 0.3) is 0 Å². The standard InChI is InChI=1S/C12H24N2O/c1-3-12(4-1)11-13-5-2-6-14-7-9-15-10-8-14/h12-13H,1-11H2. The van der Waals surface area contributed by atoms with Crippen LogP contribution in [-0.4, -0.2) is 50.8 Å². The van der Waals surface area contributed by atoms with Crippen LogP contribution in [-0.2, 0) is 4.74 Å². The van der Waals surface area contributed by atoms with Crippen molar-refractivity contribution >= 4 is 0 Å². The smallest absolute Gasteiger partial charge is 0.0594 e. The quantitative estimate of drug-likeness (QED) is 0.667. The van der Waals surface area contributed by atoms with Gasteiger partial charge in [0.05, 0.1) is 13.2 Å². The fourth-order valence-electron chi connectivity index (χ4n) is 2.26. The third-order valence-electron chi connectivity index (χ3n) is 3.59. The van der Waals surface area contributed by atoms with Crippen molar-refractivity contribution < 1.29 is 4.74 Å². The Morgan fingerprint density at radius 3 is 2.67 bits per heavy atom. The summed E-state index contributed by atoms with van der Waals surface area (Å²) in [7, 11) is 0. The number of nitrogens with one attached hydrogen (secondary N) is 1. The van der Waals surface area contributed by atoms with Crippen molar-refractivity contribution in [2.24, 2.45) is 5.92 Å². The first kappa shape index (κ1) is 11.4. The minimum atomic E-state index is 0.926. The number of morpholine rings is 1. The minimum absolute atomic E-state index is 0.926. The normalized spacial score (nSPS) is 24.0. The zero-order chi connectivity index (χ0) is 10.3. The number of hydrogen-bond acceptors (Lipinski definition) is 3. The Kier molecular flexibility index (Phi) is 4.90. The van der Waals surface area contributed by atoms with Gasteiger partial charge in [0.2, 0.25) is 0 Å². The molecule has 3 heteroatoms. The molecule has 15 heavy (non-hydrogen) atoms. The van der Waals surface area contributed by atoms with E-state index >= 15 is 0 Å². The van der Waals surface area contributed by atoms with Crippen molar-refractivity contribution in [3.63, 3.8) is 0 Å². The summed E-state index contributed by atoms with van der Waals surface area (Å²) < 4.78 is 5.32. The first-order valence-electron chi connectivity index (χ1n) is 6.46. The summed E-state index contributed by atoms with van der Waals surface area (Å²) in [6.07, 6.45) is 5.65. The highest BCUT2D eigenvalue weighted by molar-refractivity contribution is 4.71. The Balaban J connectivity index is 1.40. The molecule has 0 bridgehead atoms. The van der Waals surface area contributed by atoms with E-state index in [0.29, 0.717) is 0 Å². The maximum atomic E-state index is 5.32. The van der Waals surface area contributed by atoms with Gasteiger partial charge in [-0.05, 0) is 44.8 Å². The van der Waals surface area contributed by atoms with E-state index in [9.17, 15) is 0 Å². The predicted molar refractivity (Wildman–Crippen MR) is 62.1 cm³/mol. The maximum absolute atomic E-state index is 5.32. The van der Waals surface area contributed by atoms with Gasteiger partial charge in [0.25, 0.3) is 0 Å². The van der Waals surface area contributed by atoms with Gasteiger partial charge in [-0.3, -0.25) is 4.90 Å². The predicted octanol–water partition coefficient (Wildman–Crippen LogP) is 1.10. The van der Waals surface area contributed by atoms with Gasteiger partial charge in [0, 0.05) is 13.1 Å². The zero-order valence-electron chi connectivity index (χ0n) is 9.71. The minimum Gasteiger partial charge on any atom is -0.379 e. The lowest BCUT2D eigenvalue weighted by atomic mass is 9.85. The van der Waals surface area contributed by atoms with Crippen LogP contribution in [0.5, 0.6) is 0 Å². The zero-order valence-corrected chi connectivity index (χ0v) is 9.71. The van der Waals surface area contributed by atoms with E-state index in [-0.39, 0.29) is 0 Å². The van der Waals surface area contributed by atoms with Gasteiger partial charge >= 0.3 is 0 Å². The first-order valence-corrected chi connectivity index (χ1v) is 6.46. The summed E-state index contributed by atoms with van der Waals surface area (Å²) in [4.78, 5) is 2.51. The molecule has 2 aliphatic rings. The third kappa shape index (κ3) is 4.09. The largest absolute Gasteiger partial charge is 0.379 e. The molecule has 2 fully saturated rings. The van der Waals surface area contributed by atoms with Crippen LogP contribution in [0.1, 0.15) is 25.7 Å². The second-order valence-electron chi connectivity index (χ2n) is 4.81. The summed E-state index contributed by atoms with van der Waals surface area (Å²) in [5.74, 6) is 0.994. The number of ether oxygens (including phenoxy) is 1. The van der Waals surface area contributed by atoms with Gasteiger partial charge in [-0.25, -0.2) is 0 Å². The molecule has 1 heterocycles. The van der Waals surface area contributed by atoms with Crippen molar-refractivity contribution in [1.82, 2.24) is 10.2 Å². The van der Waals surface area contributed by atoms with Crippen LogP contribution in [0.4, 0.5) is 0 Å². The molecular formula is C12H24N2O. The van der Waals surface area contributed by atoms with Crippen LogP contribution in [0.15, 0.2) is 0 Å². The highest BCUT2D eigenvalue weighted by Gasteiger charge is 2.16. The number of hydrogen-bond donors (Lipinski definition) is 1. The van der Waals surface area contributed by atoms with Crippen LogP contribution >= 0.6 is 0 Å². The van der Waals surface area contributed by atoms with Gasteiger partial charge in [-0.2, -0.15) is 0 Å². The summed E-state index contributed by atoms with van der Waals surface area (Å²) in [5.41, 5.74) is 0. The summed E-state index contributed by atoms with van der Waals surface area (Å²) in [5, 5.41) is 3.57. The van der Waals surface area contributed by atoms with E-state index < -0.39 is 0 Å². The Morgan fingerprint density at radius 1 is 1.20 bits per heavy atom. The maximum Gasteiger partial charge on any atom is 0.0594 e. The summed E-state index contributed by atoms with van der Waals surface area (Å²) in [6, 6.07) is 0. The topological polar surface area (TPSA) is 24.5 Å². The molecule has 0 amide bonds. The molecule has 1 aliphatic heterocycles. The molecule has 0 aromatic carbocycles. The lowest BCUT2D eigenvalue weighted by molar-refractivity contribution is 0.0374. The molecule has 0 unspecified atom stereocenters. The molecular weight excluding hydrogens is 188 g/mol. The highest BCUT2D eigenvalue weighted by atomic mass is 16.5. The van der Waals surface area contributed by atoms with E-state index in [4.69, 9.17) is 4.74 Å². The number of rotatable bonds is 6. The highest BCUT2D eigenvalue weighted by Crippen LogP contribution is 2.24. The molecule has 1 saturated heterocycles. The molecule has 0 aromatic rings.